The number of benzene rings is 2. The minimum atomic E-state index is -0.740. The van der Waals surface area contributed by atoms with Crippen molar-refractivity contribution in [3.05, 3.63) is 66.0 Å². The van der Waals surface area contributed by atoms with Crippen molar-refractivity contribution < 1.29 is 28.7 Å². The van der Waals surface area contributed by atoms with Gasteiger partial charge in [0.1, 0.15) is 11.5 Å². The van der Waals surface area contributed by atoms with Crippen LogP contribution in [0.5, 0.6) is 11.5 Å². The summed E-state index contributed by atoms with van der Waals surface area (Å²) < 4.78 is 16.5. The van der Waals surface area contributed by atoms with E-state index in [2.05, 4.69) is 15.5 Å². The van der Waals surface area contributed by atoms with Gasteiger partial charge in [-0.2, -0.15) is 4.98 Å². The first-order valence-electron chi connectivity index (χ1n) is 10.4. The number of ether oxygens (including phenoxy) is 2. The van der Waals surface area contributed by atoms with Crippen LogP contribution < -0.4 is 14.8 Å². The Labute approximate surface area is 184 Å². The molecular formula is C23H23N3O6. The molecule has 4 rings (SSSR count). The monoisotopic (exact) mass is 437 g/mol. The Balaban J connectivity index is 1.26. The minimum Gasteiger partial charge on any atom is -0.490 e. The standard InChI is InChI=1S/C23H23N3O6/c27-21(25-23-24-20(26-32-23)14-30-17-4-2-1-3-5-17)15-6-10-18(11-7-15)31-19-12-8-16(9-13-19)22(28)29/h1-7,10-11,16,19H,8-9,12-14H2,(H,28,29)(H,24,25,26,27). The smallest absolute Gasteiger partial charge is 0.328 e. The molecule has 1 saturated carbocycles. The lowest BCUT2D eigenvalue weighted by molar-refractivity contribution is -0.143. The van der Waals surface area contributed by atoms with Crippen molar-refractivity contribution >= 4 is 17.9 Å². The Kier molecular flexibility index (Phi) is 6.64. The number of nitrogens with zero attached hydrogens (tertiary/aromatic N) is 2. The molecule has 0 spiro atoms. The van der Waals surface area contributed by atoms with E-state index >= 15 is 0 Å². The summed E-state index contributed by atoms with van der Waals surface area (Å²) in [5.74, 6) is 0.216. The van der Waals surface area contributed by atoms with Gasteiger partial charge in [-0.25, -0.2) is 0 Å². The number of carboxylic acid groups (broad SMARTS) is 1. The van der Waals surface area contributed by atoms with Crippen molar-refractivity contribution in [2.75, 3.05) is 5.32 Å². The topological polar surface area (TPSA) is 124 Å². The minimum absolute atomic E-state index is 0.0137. The van der Waals surface area contributed by atoms with Gasteiger partial charge in [-0.3, -0.25) is 14.9 Å². The highest BCUT2D eigenvalue weighted by Crippen LogP contribution is 2.28. The number of nitrogens with one attached hydrogen (secondary N) is 1. The molecule has 2 N–H and O–H groups in total. The highest BCUT2D eigenvalue weighted by Gasteiger charge is 2.26. The molecule has 0 saturated heterocycles. The van der Waals surface area contributed by atoms with Crippen molar-refractivity contribution in [1.29, 1.82) is 0 Å². The van der Waals surface area contributed by atoms with Crippen LogP contribution in [-0.2, 0) is 11.4 Å². The molecule has 0 bridgehead atoms. The highest BCUT2D eigenvalue weighted by molar-refractivity contribution is 6.03. The number of hydrogen-bond donors (Lipinski definition) is 2. The third-order valence-corrected chi connectivity index (χ3v) is 5.24. The number of hydrogen-bond acceptors (Lipinski definition) is 7. The van der Waals surface area contributed by atoms with Crippen LogP contribution in [0.15, 0.2) is 59.1 Å². The predicted octanol–water partition coefficient (Wildman–Crippen LogP) is 3.92. The molecule has 166 valence electrons. The molecule has 32 heavy (non-hydrogen) atoms. The molecule has 9 nitrogen and oxygen atoms in total. The van der Waals surface area contributed by atoms with Crippen LogP contribution in [0.1, 0.15) is 41.9 Å². The molecule has 1 aliphatic rings. The van der Waals surface area contributed by atoms with Gasteiger partial charge >= 0.3 is 12.0 Å². The SMILES string of the molecule is O=C(Nc1nc(COc2ccccc2)no1)c1ccc(OC2CCC(C(=O)O)CC2)cc1. The fourth-order valence-electron chi connectivity index (χ4n) is 3.50. The third-order valence-electron chi connectivity index (χ3n) is 5.24. The summed E-state index contributed by atoms with van der Waals surface area (Å²) >= 11 is 0. The second-order valence-corrected chi connectivity index (χ2v) is 7.53. The molecule has 1 aliphatic carbocycles. The molecule has 0 unspecified atom stereocenters. The summed E-state index contributed by atoms with van der Waals surface area (Å²) in [5.41, 5.74) is 0.409. The van der Waals surface area contributed by atoms with Crippen LogP contribution >= 0.6 is 0 Å². The Hall–Kier alpha value is -3.88. The molecule has 0 radical (unpaired) electrons. The van der Waals surface area contributed by atoms with Crippen molar-refractivity contribution in [1.82, 2.24) is 10.1 Å². The van der Waals surface area contributed by atoms with E-state index in [0.29, 0.717) is 48.6 Å². The molecule has 2 aromatic carbocycles. The largest absolute Gasteiger partial charge is 0.490 e. The lowest BCUT2D eigenvalue weighted by Gasteiger charge is -2.26. The second-order valence-electron chi connectivity index (χ2n) is 7.53. The van der Waals surface area contributed by atoms with E-state index in [9.17, 15) is 9.59 Å². The predicted molar refractivity (Wildman–Crippen MR) is 113 cm³/mol. The molecule has 9 heteroatoms. The van der Waals surface area contributed by atoms with Crippen LogP contribution in [0.3, 0.4) is 0 Å². The Morgan fingerprint density at radius 3 is 2.41 bits per heavy atom. The zero-order chi connectivity index (χ0) is 22.3. The summed E-state index contributed by atoms with van der Waals surface area (Å²) in [6, 6.07) is 15.9. The Morgan fingerprint density at radius 2 is 1.72 bits per heavy atom. The maximum atomic E-state index is 12.4. The van der Waals surface area contributed by atoms with E-state index in [-0.39, 0.29) is 24.6 Å². The fraction of sp³-hybridized carbons (Fsp3) is 0.304. The van der Waals surface area contributed by atoms with Crippen molar-refractivity contribution in [2.24, 2.45) is 5.92 Å². The number of aromatic nitrogens is 2. The van der Waals surface area contributed by atoms with E-state index in [1.54, 1.807) is 24.3 Å². The number of rotatable bonds is 8. The van der Waals surface area contributed by atoms with Gasteiger partial charge in [-0.15, -0.1) is 0 Å². The average Bonchev–Trinajstić information content (AvgIpc) is 3.26. The normalized spacial score (nSPS) is 18.0. The highest BCUT2D eigenvalue weighted by atomic mass is 16.5. The summed E-state index contributed by atoms with van der Waals surface area (Å²) in [4.78, 5) is 27.6. The van der Waals surface area contributed by atoms with Gasteiger partial charge in [-0.1, -0.05) is 23.4 Å². The fourth-order valence-corrected chi connectivity index (χ4v) is 3.50. The second kappa shape index (κ2) is 9.95. The summed E-state index contributed by atoms with van der Waals surface area (Å²) in [7, 11) is 0. The van der Waals surface area contributed by atoms with E-state index in [0.717, 1.165) is 0 Å². The zero-order valence-electron chi connectivity index (χ0n) is 17.3. The Morgan fingerprint density at radius 1 is 1.00 bits per heavy atom. The van der Waals surface area contributed by atoms with Crippen molar-refractivity contribution in [3.63, 3.8) is 0 Å². The molecule has 3 aromatic rings. The van der Waals surface area contributed by atoms with Crippen LogP contribution in [0, 0.1) is 5.92 Å². The zero-order valence-corrected chi connectivity index (χ0v) is 17.3. The van der Waals surface area contributed by atoms with Gasteiger partial charge in [-0.05, 0) is 62.1 Å². The van der Waals surface area contributed by atoms with Crippen LogP contribution in [-0.4, -0.2) is 33.2 Å². The van der Waals surface area contributed by atoms with E-state index in [4.69, 9.17) is 19.1 Å². The van der Waals surface area contributed by atoms with Crippen LogP contribution in [0.2, 0.25) is 0 Å². The van der Waals surface area contributed by atoms with Gasteiger partial charge in [0.05, 0.1) is 12.0 Å². The molecule has 1 amide bonds. The average molecular weight is 437 g/mol. The van der Waals surface area contributed by atoms with Gasteiger partial charge in [0, 0.05) is 5.56 Å². The maximum absolute atomic E-state index is 12.4. The van der Waals surface area contributed by atoms with Gasteiger partial charge in [0.25, 0.3) is 5.91 Å². The van der Waals surface area contributed by atoms with Crippen molar-refractivity contribution in [3.8, 4) is 11.5 Å². The van der Waals surface area contributed by atoms with Crippen molar-refractivity contribution in [2.45, 2.75) is 38.4 Å². The molecule has 1 fully saturated rings. The first-order valence-corrected chi connectivity index (χ1v) is 10.4. The van der Waals surface area contributed by atoms with Crippen LogP contribution in [0.25, 0.3) is 0 Å². The Bertz CT molecular complexity index is 1040. The third kappa shape index (κ3) is 5.63. The first kappa shape index (κ1) is 21.4. The van der Waals surface area contributed by atoms with Gasteiger partial charge < -0.3 is 19.1 Å². The number of amides is 1. The maximum Gasteiger partial charge on any atom is 0.328 e. The van der Waals surface area contributed by atoms with Gasteiger partial charge in [0.15, 0.2) is 6.61 Å². The number of carbonyl (C=O) groups excluding carboxylic acids is 1. The first-order chi connectivity index (χ1) is 15.6. The molecule has 0 aliphatic heterocycles. The molecule has 1 heterocycles. The van der Waals surface area contributed by atoms with E-state index in [1.165, 1.54) is 0 Å². The lowest BCUT2D eigenvalue weighted by Crippen LogP contribution is -2.27. The molecule has 0 atom stereocenters. The van der Waals surface area contributed by atoms with Gasteiger partial charge in [0.2, 0.25) is 5.82 Å². The lowest BCUT2D eigenvalue weighted by atomic mass is 9.87. The quantitative estimate of drug-likeness (QED) is 0.543. The number of aliphatic carboxylic acids is 1. The number of carbonyl (C=O) groups is 2. The summed E-state index contributed by atoms with van der Waals surface area (Å²) in [6.07, 6.45) is 2.62. The van der Waals surface area contributed by atoms with Crippen LogP contribution in [0.4, 0.5) is 6.01 Å². The number of carboxylic acids is 1. The molecule has 1 aromatic heterocycles. The van der Waals surface area contributed by atoms with E-state index < -0.39 is 11.9 Å². The van der Waals surface area contributed by atoms with E-state index in [1.807, 2.05) is 30.3 Å². The summed E-state index contributed by atoms with van der Waals surface area (Å²) in [6.45, 7) is 0.115. The number of anilines is 1. The molecular weight excluding hydrogens is 414 g/mol. The number of para-hydroxylation sites is 1. The summed E-state index contributed by atoms with van der Waals surface area (Å²) in [5, 5.41) is 15.4.